The molecule has 0 saturated carbocycles. The molecule has 0 bridgehead atoms. The molecule has 0 radical (unpaired) electrons. The van der Waals surface area contributed by atoms with Crippen LogP contribution in [0.3, 0.4) is 0 Å². The number of amides is 2. The van der Waals surface area contributed by atoms with Crippen LogP contribution in [-0.2, 0) is 16.0 Å². The Bertz CT molecular complexity index is 863. The topological polar surface area (TPSA) is 100 Å². The molecule has 1 heterocycles. The maximum absolute atomic E-state index is 12.5. The number of aromatic nitrogens is 1. The number of H-pyrrole nitrogens is 1. The first-order valence-electron chi connectivity index (χ1n) is 8.74. The summed E-state index contributed by atoms with van der Waals surface area (Å²) in [6.07, 6.45) is 0.547. The Balaban J connectivity index is 2.09. The van der Waals surface area contributed by atoms with E-state index in [1.54, 1.807) is 6.92 Å². The number of hydrogen-bond acceptors (Lipinski definition) is 4. The van der Waals surface area contributed by atoms with Crippen LogP contribution in [0.25, 0.3) is 0 Å². The molecule has 0 aliphatic heterocycles. The Labute approximate surface area is 158 Å². The summed E-state index contributed by atoms with van der Waals surface area (Å²) in [6, 6.07) is 5.73. The lowest BCUT2D eigenvalue weighted by molar-refractivity contribution is -0.115. The zero-order chi connectivity index (χ0) is 20.1. The van der Waals surface area contributed by atoms with Gasteiger partial charge in [0.2, 0.25) is 5.91 Å². The van der Waals surface area contributed by atoms with Crippen LogP contribution in [0.5, 0.6) is 0 Å². The lowest BCUT2D eigenvalue weighted by atomic mass is 10.1. The van der Waals surface area contributed by atoms with Gasteiger partial charge in [-0.3, -0.25) is 9.59 Å². The number of rotatable bonds is 6. The minimum Gasteiger partial charge on any atom is -0.465 e. The van der Waals surface area contributed by atoms with Crippen LogP contribution in [-0.4, -0.2) is 36.4 Å². The molecule has 3 N–H and O–H groups in total. The third-order valence-corrected chi connectivity index (χ3v) is 4.45. The first-order chi connectivity index (χ1) is 12.8. The minimum atomic E-state index is -0.493. The van der Waals surface area contributed by atoms with Crippen molar-refractivity contribution in [2.45, 2.75) is 34.1 Å². The van der Waals surface area contributed by atoms with Gasteiger partial charge in [-0.1, -0.05) is 25.1 Å². The van der Waals surface area contributed by atoms with Crippen molar-refractivity contribution in [2.24, 2.45) is 0 Å². The number of aryl methyl sites for hydroxylation is 3. The molecule has 7 heteroatoms. The van der Waals surface area contributed by atoms with Gasteiger partial charge in [0, 0.05) is 11.4 Å². The number of anilines is 1. The first-order valence-corrected chi connectivity index (χ1v) is 8.74. The van der Waals surface area contributed by atoms with Crippen LogP contribution in [0.15, 0.2) is 18.2 Å². The SMILES string of the molecule is CCc1[nH]c(C(=O)NCC(=O)Nc2c(C)cccc2C)c(C)c1C(=O)OC. The lowest BCUT2D eigenvalue weighted by Crippen LogP contribution is -2.33. The van der Waals surface area contributed by atoms with Gasteiger partial charge in [0.25, 0.3) is 5.91 Å². The maximum atomic E-state index is 12.5. The largest absolute Gasteiger partial charge is 0.465 e. The van der Waals surface area contributed by atoms with Crippen LogP contribution in [0.2, 0.25) is 0 Å². The van der Waals surface area contributed by atoms with Crippen molar-refractivity contribution >= 4 is 23.5 Å². The fourth-order valence-corrected chi connectivity index (χ4v) is 2.97. The predicted octanol–water partition coefficient (Wildman–Crippen LogP) is 2.66. The second-order valence-corrected chi connectivity index (χ2v) is 6.32. The third-order valence-electron chi connectivity index (χ3n) is 4.45. The van der Waals surface area contributed by atoms with Gasteiger partial charge in [-0.25, -0.2) is 4.79 Å². The molecule has 1 aromatic carbocycles. The van der Waals surface area contributed by atoms with Crippen molar-refractivity contribution in [3.05, 3.63) is 51.8 Å². The van der Waals surface area contributed by atoms with Crippen molar-refractivity contribution < 1.29 is 19.1 Å². The number of nitrogens with one attached hydrogen (secondary N) is 3. The van der Waals surface area contributed by atoms with Gasteiger partial charge < -0.3 is 20.4 Å². The van der Waals surface area contributed by atoms with Crippen molar-refractivity contribution in [3.63, 3.8) is 0 Å². The summed E-state index contributed by atoms with van der Waals surface area (Å²) in [5.41, 5.74) is 4.40. The molecule has 7 nitrogen and oxygen atoms in total. The number of hydrogen-bond donors (Lipinski definition) is 3. The normalized spacial score (nSPS) is 10.4. The van der Waals surface area contributed by atoms with E-state index in [1.807, 2.05) is 39.0 Å². The zero-order valence-electron chi connectivity index (χ0n) is 16.3. The third kappa shape index (κ3) is 4.36. The summed E-state index contributed by atoms with van der Waals surface area (Å²) in [5.74, 6) is -1.27. The van der Waals surface area contributed by atoms with Gasteiger partial charge in [-0.05, 0) is 43.9 Å². The molecule has 1 aromatic heterocycles. The summed E-state index contributed by atoms with van der Waals surface area (Å²) >= 11 is 0. The molecule has 0 fully saturated rings. The number of carbonyl (C=O) groups is 3. The molecule has 0 aliphatic carbocycles. The molecule has 27 heavy (non-hydrogen) atoms. The molecule has 0 unspecified atom stereocenters. The highest BCUT2D eigenvalue weighted by Gasteiger charge is 2.23. The van der Waals surface area contributed by atoms with Crippen LogP contribution < -0.4 is 10.6 Å². The average Bonchev–Trinajstić information content (AvgIpc) is 2.98. The van der Waals surface area contributed by atoms with Crippen LogP contribution >= 0.6 is 0 Å². The standard InChI is InChI=1S/C20H25N3O4/c1-6-14-16(20(26)27-5)13(4)18(22-14)19(25)21-10-15(24)23-17-11(2)8-7-9-12(17)3/h7-9,22H,6,10H2,1-5H3,(H,21,25)(H,23,24). The number of aromatic amines is 1. The Hall–Kier alpha value is -3.09. The van der Waals surface area contributed by atoms with E-state index in [0.29, 0.717) is 23.2 Å². The predicted molar refractivity (Wildman–Crippen MR) is 103 cm³/mol. The first kappa shape index (κ1) is 20.2. The Kier molecular flexibility index (Phi) is 6.39. The van der Waals surface area contributed by atoms with Crippen LogP contribution in [0.4, 0.5) is 5.69 Å². The fourth-order valence-electron chi connectivity index (χ4n) is 2.97. The average molecular weight is 371 g/mol. The van der Waals surface area contributed by atoms with Gasteiger partial charge >= 0.3 is 5.97 Å². The van der Waals surface area contributed by atoms with E-state index < -0.39 is 11.9 Å². The van der Waals surface area contributed by atoms with Gasteiger partial charge in [0.15, 0.2) is 0 Å². The van der Waals surface area contributed by atoms with Gasteiger partial charge in [0.1, 0.15) is 5.69 Å². The summed E-state index contributed by atoms with van der Waals surface area (Å²) in [4.78, 5) is 39.6. The van der Waals surface area contributed by atoms with Crippen molar-refractivity contribution in [2.75, 3.05) is 19.0 Å². The van der Waals surface area contributed by atoms with E-state index >= 15 is 0 Å². The Morgan fingerprint density at radius 2 is 1.74 bits per heavy atom. The molecule has 2 aromatic rings. The highest BCUT2D eigenvalue weighted by molar-refractivity contribution is 6.02. The number of carbonyl (C=O) groups excluding carboxylic acids is 3. The minimum absolute atomic E-state index is 0.180. The van der Waals surface area contributed by atoms with E-state index in [-0.39, 0.29) is 18.1 Å². The fraction of sp³-hybridized carbons (Fsp3) is 0.350. The van der Waals surface area contributed by atoms with E-state index in [2.05, 4.69) is 15.6 Å². The highest BCUT2D eigenvalue weighted by atomic mass is 16.5. The van der Waals surface area contributed by atoms with Crippen LogP contribution in [0.1, 0.15) is 50.2 Å². The number of benzene rings is 1. The molecule has 0 spiro atoms. The molecule has 2 amide bonds. The van der Waals surface area contributed by atoms with Gasteiger partial charge in [-0.15, -0.1) is 0 Å². The number of ether oxygens (including phenoxy) is 1. The summed E-state index contributed by atoms with van der Waals surface area (Å²) in [5, 5.41) is 5.40. The number of esters is 1. The van der Waals surface area contributed by atoms with E-state index in [9.17, 15) is 14.4 Å². The Morgan fingerprint density at radius 3 is 2.30 bits per heavy atom. The quantitative estimate of drug-likeness (QED) is 0.680. The summed E-state index contributed by atoms with van der Waals surface area (Å²) in [6.45, 7) is 7.18. The summed E-state index contributed by atoms with van der Waals surface area (Å²) < 4.78 is 4.78. The molecule has 2 rings (SSSR count). The van der Waals surface area contributed by atoms with Crippen molar-refractivity contribution in [1.29, 1.82) is 0 Å². The number of methoxy groups -OCH3 is 1. The monoisotopic (exact) mass is 371 g/mol. The van der Waals surface area contributed by atoms with E-state index in [4.69, 9.17) is 4.74 Å². The molecule has 144 valence electrons. The zero-order valence-corrected chi connectivity index (χ0v) is 16.3. The smallest absolute Gasteiger partial charge is 0.339 e. The highest BCUT2D eigenvalue weighted by Crippen LogP contribution is 2.21. The lowest BCUT2D eigenvalue weighted by Gasteiger charge is -2.12. The second-order valence-electron chi connectivity index (χ2n) is 6.32. The molecular weight excluding hydrogens is 346 g/mol. The van der Waals surface area contributed by atoms with Crippen LogP contribution in [0, 0.1) is 20.8 Å². The van der Waals surface area contributed by atoms with Crippen molar-refractivity contribution in [3.8, 4) is 0 Å². The number of para-hydroxylation sites is 1. The molecule has 0 atom stereocenters. The second kappa shape index (κ2) is 8.53. The van der Waals surface area contributed by atoms with E-state index in [0.717, 1.165) is 16.8 Å². The van der Waals surface area contributed by atoms with Gasteiger partial charge in [-0.2, -0.15) is 0 Å². The molecule has 0 aliphatic rings. The Morgan fingerprint density at radius 1 is 1.11 bits per heavy atom. The summed E-state index contributed by atoms with van der Waals surface area (Å²) in [7, 11) is 1.30. The molecule has 0 saturated heterocycles. The molecular formula is C20H25N3O4. The van der Waals surface area contributed by atoms with E-state index in [1.165, 1.54) is 7.11 Å². The van der Waals surface area contributed by atoms with Gasteiger partial charge in [0.05, 0.1) is 19.2 Å². The maximum Gasteiger partial charge on any atom is 0.339 e. The van der Waals surface area contributed by atoms with Crippen molar-refractivity contribution in [1.82, 2.24) is 10.3 Å².